The van der Waals surface area contributed by atoms with Crippen LogP contribution in [0.3, 0.4) is 0 Å². The Kier molecular flexibility index (Phi) is 6.56. The smallest absolute Gasteiger partial charge is 0.319 e. The molecule has 1 aromatic carbocycles. The van der Waals surface area contributed by atoms with Crippen LogP contribution < -0.4 is 26.7 Å². The van der Waals surface area contributed by atoms with Gasteiger partial charge in [-0.05, 0) is 25.0 Å². The summed E-state index contributed by atoms with van der Waals surface area (Å²) in [5, 5.41) is 5.08. The van der Waals surface area contributed by atoms with E-state index in [1.807, 2.05) is 0 Å². The first-order valence-electron chi connectivity index (χ1n) is 8.91. The molecule has 9 nitrogen and oxygen atoms in total. The highest BCUT2D eigenvalue weighted by molar-refractivity contribution is 5.90. The molecule has 0 aliphatic carbocycles. The number of hydrogen-bond acceptors (Lipinski definition) is 6. The molecule has 1 atom stereocenters. The third kappa shape index (κ3) is 5.51. The maximum Gasteiger partial charge on any atom is 0.319 e. The summed E-state index contributed by atoms with van der Waals surface area (Å²) in [4.78, 5) is 30.3. The van der Waals surface area contributed by atoms with Crippen LogP contribution >= 0.6 is 0 Å². The SMILES string of the molecule is NCc1cc(=O)[nH]c(CNC(=O)Nc2cc(F)ccc2OCC2CCCO2)n1. The Morgan fingerprint density at radius 1 is 1.43 bits per heavy atom. The van der Waals surface area contributed by atoms with E-state index in [9.17, 15) is 14.0 Å². The van der Waals surface area contributed by atoms with E-state index in [1.165, 1.54) is 24.3 Å². The Morgan fingerprint density at radius 2 is 2.29 bits per heavy atom. The Morgan fingerprint density at radius 3 is 3.04 bits per heavy atom. The molecule has 0 saturated carbocycles. The highest BCUT2D eigenvalue weighted by atomic mass is 19.1. The molecule has 28 heavy (non-hydrogen) atoms. The van der Waals surface area contributed by atoms with Crippen LogP contribution in [-0.2, 0) is 17.8 Å². The minimum Gasteiger partial charge on any atom is -0.489 e. The molecule has 1 aromatic heterocycles. The van der Waals surface area contributed by atoms with Gasteiger partial charge in [0.25, 0.3) is 5.56 Å². The fourth-order valence-electron chi connectivity index (χ4n) is 2.77. The zero-order chi connectivity index (χ0) is 19.9. The number of anilines is 1. The molecule has 0 radical (unpaired) electrons. The third-order valence-electron chi connectivity index (χ3n) is 4.11. The van der Waals surface area contributed by atoms with Crippen molar-refractivity contribution < 1.29 is 18.7 Å². The maximum atomic E-state index is 13.6. The number of nitrogens with zero attached hydrogens (tertiary/aromatic N) is 1. The normalized spacial score (nSPS) is 16.0. The molecule has 2 aromatic rings. The predicted octanol–water partition coefficient (Wildman–Crippen LogP) is 1.25. The molecule has 1 fully saturated rings. The number of aromatic nitrogens is 2. The number of nitrogens with one attached hydrogen (secondary N) is 3. The van der Waals surface area contributed by atoms with Gasteiger partial charge < -0.3 is 30.8 Å². The van der Waals surface area contributed by atoms with E-state index >= 15 is 0 Å². The van der Waals surface area contributed by atoms with Crippen LogP contribution in [0.1, 0.15) is 24.4 Å². The van der Waals surface area contributed by atoms with Gasteiger partial charge in [-0.25, -0.2) is 14.2 Å². The molecule has 0 spiro atoms. The van der Waals surface area contributed by atoms with Crippen molar-refractivity contribution in [1.29, 1.82) is 0 Å². The third-order valence-corrected chi connectivity index (χ3v) is 4.11. The summed E-state index contributed by atoms with van der Waals surface area (Å²) in [5.41, 5.74) is 5.72. The molecule has 3 rings (SSSR count). The number of urea groups is 1. The van der Waals surface area contributed by atoms with Crippen molar-refractivity contribution in [2.75, 3.05) is 18.5 Å². The lowest BCUT2D eigenvalue weighted by atomic mass is 10.2. The lowest BCUT2D eigenvalue weighted by Gasteiger charge is -2.15. The van der Waals surface area contributed by atoms with E-state index in [0.717, 1.165) is 12.8 Å². The van der Waals surface area contributed by atoms with Crippen molar-refractivity contribution >= 4 is 11.7 Å². The average molecular weight is 391 g/mol. The van der Waals surface area contributed by atoms with E-state index in [0.29, 0.717) is 24.7 Å². The Hall–Kier alpha value is -2.98. The second-order valence-corrected chi connectivity index (χ2v) is 6.28. The highest BCUT2D eigenvalue weighted by Gasteiger charge is 2.17. The zero-order valence-electron chi connectivity index (χ0n) is 15.2. The number of carbonyl (C=O) groups excluding carboxylic acids is 1. The minimum absolute atomic E-state index is 0.00977. The van der Waals surface area contributed by atoms with Gasteiger partial charge in [0.15, 0.2) is 0 Å². The van der Waals surface area contributed by atoms with E-state index < -0.39 is 11.8 Å². The summed E-state index contributed by atoms with van der Waals surface area (Å²) in [5.74, 6) is 0.0855. The van der Waals surface area contributed by atoms with Gasteiger partial charge in [-0.1, -0.05) is 0 Å². The lowest BCUT2D eigenvalue weighted by molar-refractivity contribution is 0.0682. The van der Waals surface area contributed by atoms with Crippen LogP contribution in [0.15, 0.2) is 29.1 Å². The fourth-order valence-corrected chi connectivity index (χ4v) is 2.77. The first-order valence-corrected chi connectivity index (χ1v) is 8.91. The molecule has 1 aliphatic rings. The molecule has 0 bridgehead atoms. The van der Waals surface area contributed by atoms with Gasteiger partial charge in [0.05, 0.1) is 24.0 Å². The van der Waals surface area contributed by atoms with Crippen LogP contribution in [0.2, 0.25) is 0 Å². The molecule has 2 heterocycles. The summed E-state index contributed by atoms with van der Waals surface area (Å²) in [7, 11) is 0. The average Bonchev–Trinajstić information content (AvgIpc) is 3.19. The summed E-state index contributed by atoms with van der Waals surface area (Å²) >= 11 is 0. The summed E-state index contributed by atoms with van der Waals surface area (Å²) in [6.07, 6.45) is 1.87. The number of amides is 2. The Balaban J connectivity index is 1.60. The number of nitrogens with two attached hydrogens (primary N) is 1. The molecule has 2 amide bonds. The zero-order valence-corrected chi connectivity index (χ0v) is 15.2. The monoisotopic (exact) mass is 391 g/mol. The molecule has 1 saturated heterocycles. The fraction of sp³-hybridized carbons (Fsp3) is 0.389. The van der Waals surface area contributed by atoms with Crippen molar-refractivity contribution in [2.45, 2.75) is 32.0 Å². The molecular weight excluding hydrogens is 369 g/mol. The number of rotatable bonds is 7. The molecular formula is C18H22FN5O4. The standard InChI is InChI=1S/C18H22FN5O4/c19-11-3-4-15(28-10-13-2-1-5-27-13)14(6-11)23-18(26)21-9-16-22-12(8-20)7-17(25)24-16/h3-4,6-7,13H,1-2,5,8-10,20H2,(H2,21,23,26)(H,22,24,25). The van der Waals surface area contributed by atoms with Gasteiger partial charge in [0, 0.05) is 25.3 Å². The Bertz CT molecular complexity index is 883. The molecule has 150 valence electrons. The number of benzene rings is 1. The molecule has 1 aliphatic heterocycles. The number of ether oxygens (including phenoxy) is 2. The van der Waals surface area contributed by atoms with Gasteiger partial charge in [0.2, 0.25) is 0 Å². The first-order chi connectivity index (χ1) is 13.5. The van der Waals surface area contributed by atoms with Gasteiger partial charge in [-0.2, -0.15) is 0 Å². The maximum absolute atomic E-state index is 13.6. The number of H-pyrrole nitrogens is 1. The van der Waals surface area contributed by atoms with Crippen molar-refractivity contribution in [3.8, 4) is 5.75 Å². The number of hydrogen-bond donors (Lipinski definition) is 4. The first kappa shape index (κ1) is 19.8. The second kappa shape index (κ2) is 9.29. The molecule has 10 heteroatoms. The topological polar surface area (TPSA) is 131 Å². The summed E-state index contributed by atoms with van der Waals surface area (Å²) in [6, 6.07) is 4.55. The number of halogens is 1. The quantitative estimate of drug-likeness (QED) is 0.562. The van der Waals surface area contributed by atoms with Crippen molar-refractivity contribution in [3.05, 3.63) is 52.0 Å². The van der Waals surface area contributed by atoms with E-state index in [-0.39, 0.29) is 36.3 Å². The summed E-state index contributed by atoms with van der Waals surface area (Å²) < 4.78 is 24.8. The predicted molar refractivity (Wildman–Crippen MR) is 99.5 cm³/mol. The minimum atomic E-state index is -0.603. The highest BCUT2D eigenvalue weighted by Crippen LogP contribution is 2.26. The van der Waals surface area contributed by atoms with E-state index in [4.69, 9.17) is 15.2 Å². The molecule has 5 N–H and O–H groups in total. The van der Waals surface area contributed by atoms with Gasteiger partial charge in [-0.3, -0.25) is 4.79 Å². The summed E-state index contributed by atoms with van der Waals surface area (Å²) in [6.45, 7) is 1.10. The van der Waals surface area contributed by atoms with Crippen molar-refractivity contribution in [2.24, 2.45) is 5.73 Å². The number of carbonyl (C=O) groups is 1. The molecule has 1 unspecified atom stereocenters. The van der Waals surface area contributed by atoms with Crippen LogP contribution in [0.4, 0.5) is 14.9 Å². The van der Waals surface area contributed by atoms with Gasteiger partial charge >= 0.3 is 6.03 Å². The Labute approximate surface area is 160 Å². The lowest BCUT2D eigenvalue weighted by Crippen LogP contribution is -2.30. The largest absolute Gasteiger partial charge is 0.489 e. The van der Waals surface area contributed by atoms with Gasteiger partial charge in [-0.15, -0.1) is 0 Å². The van der Waals surface area contributed by atoms with E-state index in [1.54, 1.807) is 0 Å². The van der Waals surface area contributed by atoms with Crippen molar-refractivity contribution in [3.63, 3.8) is 0 Å². The van der Waals surface area contributed by atoms with Crippen LogP contribution in [0, 0.1) is 5.82 Å². The van der Waals surface area contributed by atoms with Gasteiger partial charge in [0.1, 0.15) is 24.0 Å². The van der Waals surface area contributed by atoms with Crippen LogP contribution in [0.25, 0.3) is 0 Å². The van der Waals surface area contributed by atoms with E-state index in [2.05, 4.69) is 20.6 Å². The second-order valence-electron chi connectivity index (χ2n) is 6.28. The number of aromatic amines is 1. The van der Waals surface area contributed by atoms with Crippen molar-refractivity contribution in [1.82, 2.24) is 15.3 Å². The van der Waals surface area contributed by atoms with Crippen LogP contribution in [0.5, 0.6) is 5.75 Å². The van der Waals surface area contributed by atoms with Crippen LogP contribution in [-0.4, -0.2) is 35.3 Å².